The van der Waals surface area contributed by atoms with Crippen LogP contribution in [0.2, 0.25) is 0 Å². The zero-order valence-electron chi connectivity index (χ0n) is 20.2. The van der Waals surface area contributed by atoms with Gasteiger partial charge in [-0.3, -0.25) is 24.3 Å². The minimum absolute atomic E-state index is 0.0217. The highest BCUT2D eigenvalue weighted by Crippen LogP contribution is 2.39. The van der Waals surface area contributed by atoms with Crippen molar-refractivity contribution in [2.45, 2.75) is 31.8 Å². The molecule has 5 N–H and O–H groups in total. The molecule has 39 heavy (non-hydrogen) atoms. The van der Waals surface area contributed by atoms with Crippen molar-refractivity contribution in [3.63, 3.8) is 0 Å². The second kappa shape index (κ2) is 9.76. The first-order valence-electron chi connectivity index (χ1n) is 11.2. The number of pyridine rings is 1. The van der Waals surface area contributed by atoms with Gasteiger partial charge < -0.3 is 10.8 Å². The molecule has 1 saturated heterocycles. The van der Waals surface area contributed by atoms with Gasteiger partial charge in [0.05, 0.1) is 35.0 Å². The zero-order valence-corrected chi connectivity index (χ0v) is 20.2. The summed E-state index contributed by atoms with van der Waals surface area (Å²) in [5, 5.41) is 19.9. The smallest absolute Gasteiger partial charge is 0.397 e. The maximum Gasteiger partial charge on any atom is 0.419 e. The monoisotopic (exact) mass is 552 g/mol. The maximum absolute atomic E-state index is 14.1. The highest BCUT2D eigenvalue weighted by Gasteiger charge is 2.60. The van der Waals surface area contributed by atoms with Gasteiger partial charge in [-0.15, -0.1) is 0 Å². The second-order valence-electron chi connectivity index (χ2n) is 9.05. The topological polar surface area (TPSA) is 159 Å². The molecule has 0 atom stereocenters. The summed E-state index contributed by atoms with van der Waals surface area (Å²) < 4.78 is 68.9. The second-order valence-corrected chi connectivity index (χ2v) is 9.05. The molecule has 0 radical (unpaired) electrons. The fourth-order valence-electron chi connectivity index (χ4n) is 4.28. The third-order valence-electron chi connectivity index (χ3n) is 6.22. The van der Waals surface area contributed by atoms with Crippen LogP contribution in [-0.4, -0.2) is 49.0 Å². The molecule has 3 heterocycles. The number of aromatic nitrogens is 3. The van der Waals surface area contributed by atoms with Crippen LogP contribution in [0.4, 0.5) is 39.0 Å². The Morgan fingerprint density at radius 3 is 2.41 bits per heavy atom. The van der Waals surface area contributed by atoms with Crippen LogP contribution >= 0.6 is 0 Å². The fraction of sp³-hybridized carbons (Fsp3) is 0.304. The lowest BCUT2D eigenvalue weighted by atomic mass is 9.93. The van der Waals surface area contributed by atoms with Crippen molar-refractivity contribution in [3.8, 4) is 11.8 Å². The van der Waals surface area contributed by atoms with Gasteiger partial charge in [-0.1, -0.05) is 0 Å². The largest absolute Gasteiger partial charge is 0.419 e. The molecule has 11 nitrogen and oxygen atoms in total. The van der Waals surface area contributed by atoms with E-state index in [1.54, 1.807) is 13.0 Å². The first-order valence-corrected chi connectivity index (χ1v) is 11.2. The Hall–Kier alpha value is -4.33. The lowest BCUT2D eigenvalue weighted by Crippen LogP contribution is -2.68. The molecule has 0 unspecified atom stereocenters. The molecule has 0 saturated carbocycles. The Kier molecular flexibility index (Phi) is 6.93. The van der Waals surface area contributed by atoms with E-state index in [2.05, 4.69) is 4.98 Å². The number of benzene rings is 1. The summed E-state index contributed by atoms with van der Waals surface area (Å²) in [6.45, 7) is -1.39. The van der Waals surface area contributed by atoms with Crippen molar-refractivity contribution in [1.29, 1.82) is 5.26 Å². The van der Waals surface area contributed by atoms with E-state index in [1.807, 2.05) is 0 Å². The summed E-state index contributed by atoms with van der Waals surface area (Å²) in [7, 11) is 0. The van der Waals surface area contributed by atoms with Crippen LogP contribution in [0.5, 0.6) is 0 Å². The van der Waals surface area contributed by atoms with E-state index in [0.717, 1.165) is 9.47 Å². The van der Waals surface area contributed by atoms with Crippen LogP contribution in [-0.2, 0) is 13.1 Å². The Labute approximate surface area is 216 Å². The van der Waals surface area contributed by atoms with Crippen LogP contribution in [0.3, 0.4) is 0 Å². The van der Waals surface area contributed by atoms with Gasteiger partial charge in [0.15, 0.2) is 17.2 Å². The van der Waals surface area contributed by atoms with Gasteiger partial charge in [0.1, 0.15) is 12.2 Å². The standard InChI is InChI=1S/C23H21F5N8O3/c1-12-4-13(8-32-7-12)35-20(37)19(36(31)17-6-15(25)14(24)5-16(17)30)18(34(3-2-29)21(35)38)9-33-10-22(39,11-33)23(26,27)28/h4-8,39H,3,9-11,30-31H2,1H3. The van der Waals surface area contributed by atoms with Crippen molar-refractivity contribution >= 4 is 17.1 Å². The van der Waals surface area contributed by atoms with Crippen LogP contribution in [0, 0.1) is 29.9 Å². The number of alkyl halides is 3. The van der Waals surface area contributed by atoms with Gasteiger partial charge >= 0.3 is 11.9 Å². The normalized spacial score (nSPS) is 15.1. The molecular weight excluding hydrogens is 531 g/mol. The van der Waals surface area contributed by atoms with Gasteiger partial charge in [-0.05, 0) is 18.6 Å². The number of β-amino-alcohol motifs (C(OH)–C–C–N with tert-alkyl or cyclic N) is 1. The number of rotatable bonds is 6. The molecule has 4 rings (SSSR count). The lowest BCUT2D eigenvalue weighted by molar-refractivity contribution is -0.302. The number of nitrogens with two attached hydrogens (primary N) is 2. The number of hydrogen-bond donors (Lipinski definition) is 3. The molecule has 2 aromatic heterocycles. The van der Waals surface area contributed by atoms with Crippen molar-refractivity contribution in [2.24, 2.45) is 5.84 Å². The predicted molar refractivity (Wildman–Crippen MR) is 128 cm³/mol. The fourth-order valence-corrected chi connectivity index (χ4v) is 4.28. The van der Waals surface area contributed by atoms with E-state index < -0.39 is 77.9 Å². The van der Waals surface area contributed by atoms with Crippen LogP contribution in [0.25, 0.3) is 5.69 Å². The molecule has 0 bridgehead atoms. The van der Waals surface area contributed by atoms with Crippen LogP contribution < -0.4 is 27.8 Å². The number of halogens is 5. The van der Waals surface area contributed by atoms with Crippen molar-refractivity contribution in [1.82, 2.24) is 19.0 Å². The molecule has 1 fully saturated rings. The molecule has 1 aromatic carbocycles. The Balaban J connectivity index is 1.98. The summed E-state index contributed by atoms with van der Waals surface area (Å²) >= 11 is 0. The molecule has 1 aliphatic rings. The maximum atomic E-state index is 14.1. The average Bonchev–Trinajstić information content (AvgIpc) is 2.82. The number of nitriles is 1. The van der Waals surface area contributed by atoms with Crippen molar-refractivity contribution in [3.05, 3.63) is 74.3 Å². The number of anilines is 3. The van der Waals surface area contributed by atoms with Gasteiger partial charge in [-0.2, -0.15) is 18.4 Å². The minimum atomic E-state index is -4.94. The number of nitrogen functional groups attached to an aromatic ring is 1. The number of hydrogen-bond acceptors (Lipinski definition) is 9. The molecular formula is C23H21F5N8O3. The third-order valence-corrected chi connectivity index (χ3v) is 6.22. The zero-order chi connectivity index (χ0) is 28.9. The highest BCUT2D eigenvalue weighted by atomic mass is 19.4. The first kappa shape index (κ1) is 27.7. The van der Waals surface area contributed by atoms with Crippen molar-refractivity contribution < 1.29 is 27.1 Å². The summed E-state index contributed by atoms with van der Waals surface area (Å²) in [6, 6.07) is 4.39. The SMILES string of the molecule is Cc1cncc(-n2c(=O)c(N(N)c3cc(F)c(F)cc3N)c(CN3CC(O)(C(F)(F)F)C3)n(CC#N)c2=O)c1. The number of nitrogens with zero attached hydrogens (tertiary/aromatic N) is 6. The summed E-state index contributed by atoms with van der Waals surface area (Å²) in [5.41, 5.74) is -0.513. The van der Waals surface area contributed by atoms with E-state index >= 15 is 0 Å². The summed E-state index contributed by atoms with van der Waals surface area (Å²) in [4.78, 5) is 32.3. The number of aliphatic hydroxyl groups is 1. The van der Waals surface area contributed by atoms with Gasteiger partial charge in [-0.25, -0.2) is 24.0 Å². The molecule has 0 amide bonds. The van der Waals surface area contributed by atoms with E-state index in [4.69, 9.17) is 11.6 Å². The Morgan fingerprint density at radius 2 is 1.82 bits per heavy atom. The molecule has 206 valence electrons. The number of aryl methyl sites for hydroxylation is 1. The molecule has 3 aromatic rings. The van der Waals surface area contributed by atoms with Gasteiger partial charge in [0.25, 0.3) is 5.56 Å². The Morgan fingerprint density at radius 1 is 1.18 bits per heavy atom. The Bertz CT molecular complexity index is 1610. The van der Waals surface area contributed by atoms with E-state index in [-0.39, 0.29) is 11.4 Å². The quantitative estimate of drug-likeness (QED) is 0.177. The van der Waals surface area contributed by atoms with E-state index in [1.165, 1.54) is 18.5 Å². The van der Waals surface area contributed by atoms with Gasteiger partial charge in [0.2, 0.25) is 0 Å². The average molecular weight is 552 g/mol. The summed E-state index contributed by atoms with van der Waals surface area (Å²) in [5.74, 6) is 3.49. The molecule has 0 aliphatic carbocycles. The molecule has 16 heteroatoms. The lowest BCUT2D eigenvalue weighted by Gasteiger charge is -2.47. The van der Waals surface area contributed by atoms with E-state index in [0.29, 0.717) is 27.3 Å². The van der Waals surface area contributed by atoms with Crippen LogP contribution in [0.1, 0.15) is 11.3 Å². The number of hydrazine groups is 1. The number of likely N-dealkylation sites (tertiary alicyclic amines) is 1. The summed E-state index contributed by atoms with van der Waals surface area (Å²) in [6.07, 6.45) is -2.32. The molecule has 1 aliphatic heterocycles. The van der Waals surface area contributed by atoms with Crippen molar-refractivity contribution in [2.75, 3.05) is 23.8 Å². The van der Waals surface area contributed by atoms with Gasteiger partial charge in [0, 0.05) is 38.0 Å². The predicted octanol–water partition coefficient (Wildman–Crippen LogP) is 1.21. The third kappa shape index (κ3) is 4.82. The first-order chi connectivity index (χ1) is 18.2. The van der Waals surface area contributed by atoms with E-state index in [9.17, 15) is 41.9 Å². The molecule has 0 spiro atoms. The minimum Gasteiger partial charge on any atom is -0.397 e. The highest BCUT2D eigenvalue weighted by molar-refractivity contribution is 5.74. The van der Waals surface area contributed by atoms with Crippen LogP contribution in [0.15, 0.2) is 40.2 Å².